The number of hydrogen-bond acceptors (Lipinski definition) is 6. The fourth-order valence-electron chi connectivity index (χ4n) is 3.96. The van der Waals surface area contributed by atoms with E-state index < -0.39 is 11.6 Å². The minimum atomic E-state index is -0.824. The molecule has 0 spiro atoms. The van der Waals surface area contributed by atoms with Gasteiger partial charge >= 0.3 is 0 Å². The van der Waals surface area contributed by atoms with Crippen molar-refractivity contribution in [2.75, 3.05) is 12.4 Å². The van der Waals surface area contributed by atoms with Crippen LogP contribution in [0.15, 0.2) is 51.8 Å². The number of ether oxygens (including phenoxy) is 1. The molecule has 0 saturated carbocycles. The first-order valence-corrected chi connectivity index (χ1v) is 10.8. The Morgan fingerprint density at radius 2 is 1.79 bits per heavy atom. The van der Waals surface area contributed by atoms with E-state index in [0.717, 1.165) is 22.4 Å². The fourth-order valence-corrected chi connectivity index (χ4v) is 3.96. The summed E-state index contributed by atoms with van der Waals surface area (Å²) in [5.74, 6) is 0.870. The molecule has 0 aliphatic carbocycles. The van der Waals surface area contributed by atoms with Crippen molar-refractivity contribution in [2.24, 2.45) is 0 Å². The number of amides is 1. The van der Waals surface area contributed by atoms with Gasteiger partial charge in [-0.1, -0.05) is 30.3 Å². The summed E-state index contributed by atoms with van der Waals surface area (Å²) in [6.45, 7) is 7.44. The minimum absolute atomic E-state index is 0.145. The summed E-state index contributed by atoms with van der Waals surface area (Å²) in [6, 6.07) is 12.3. The van der Waals surface area contributed by atoms with Crippen molar-refractivity contribution in [2.45, 2.75) is 40.2 Å². The highest BCUT2D eigenvalue weighted by molar-refractivity contribution is 5.96. The van der Waals surface area contributed by atoms with Crippen molar-refractivity contribution in [3.63, 3.8) is 0 Å². The van der Waals surface area contributed by atoms with E-state index in [1.165, 1.54) is 4.68 Å². The molecule has 0 aliphatic rings. The number of benzene rings is 2. The molecule has 33 heavy (non-hydrogen) atoms. The third-order valence-electron chi connectivity index (χ3n) is 5.80. The van der Waals surface area contributed by atoms with Crippen molar-refractivity contribution in [3.05, 3.63) is 69.7 Å². The van der Waals surface area contributed by atoms with E-state index in [2.05, 4.69) is 15.6 Å². The number of fused-ring (bicyclic) bond motifs is 1. The third-order valence-corrected chi connectivity index (χ3v) is 5.80. The molecule has 0 bridgehead atoms. The Kier molecular flexibility index (Phi) is 6.00. The van der Waals surface area contributed by atoms with Crippen LogP contribution < -0.4 is 15.6 Å². The number of rotatable bonds is 6. The van der Waals surface area contributed by atoms with Crippen molar-refractivity contribution >= 4 is 22.5 Å². The topological polar surface area (TPSA) is 99.2 Å². The summed E-state index contributed by atoms with van der Waals surface area (Å²) in [4.78, 5) is 26.6. The van der Waals surface area contributed by atoms with Crippen LogP contribution in [0.25, 0.3) is 22.2 Å². The predicted molar refractivity (Wildman–Crippen MR) is 127 cm³/mol. The standard InChI is InChI=1S/C25H26N4O4/c1-6-19(24(30)26-21-14(2)8-7-9-15(21)3)29-25(31)23-20(16(4)33-28-23)22(27-29)17-10-12-18(32-5)13-11-17/h7-13,19H,6H2,1-5H3,(H,26,30). The SMILES string of the molecule is CCC(C(=O)Nc1c(C)cccc1C)n1nc(-c2ccc(OC)cc2)c2c(C)onc2c1=O. The second kappa shape index (κ2) is 8.90. The van der Waals surface area contributed by atoms with E-state index in [4.69, 9.17) is 9.26 Å². The summed E-state index contributed by atoms with van der Waals surface area (Å²) in [6.07, 6.45) is 0.369. The molecule has 4 aromatic rings. The maximum atomic E-state index is 13.3. The van der Waals surface area contributed by atoms with Gasteiger partial charge in [0.1, 0.15) is 23.2 Å². The quantitative estimate of drug-likeness (QED) is 0.466. The maximum Gasteiger partial charge on any atom is 0.297 e. The Bertz CT molecular complexity index is 1370. The molecule has 0 fully saturated rings. The van der Waals surface area contributed by atoms with E-state index in [9.17, 15) is 9.59 Å². The lowest BCUT2D eigenvalue weighted by molar-refractivity contribution is -0.119. The van der Waals surface area contributed by atoms with Crippen LogP contribution in [0, 0.1) is 20.8 Å². The van der Waals surface area contributed by atoms with Gasteiger partial charge in [0.05, 0.1) is 12.5 Å². The van der Waals surface area contributed by atoms with Gasteiger partial charge in [-0.2, -0.15) is 5.10 Å². The highest BCUT2D eigenvalue weighted by Crippen LogP contribution is 2.30. The number of carbonyl (C=O) groups excluding carboxylic acids is 1. The number of anilines is 1. The van der Waals surface area contributed by atoms with Gasteiger partial charge in [0.25, 0.3) is 5.56 Å². The fraction of sp³-hybridized carbons (Fsp3) is 0.280. The van der Waals surface area contributed by atoms with Crippen molar-refractivity contribution in [1.29, 1.82) is 0 Å². The van der Waals surface area contributed by atoms with E-state index in [1.807, 2.05) is 63.2 Å². The first-order chi connectivity index (χ1) is 15.8. The summed E-state index contributed by atoms with van der Waals surface area (Å²) in [5, 5.41) is 12.1. The molecule has 170 valence electrons. The molecule has 1 atom stereocenters. The highest BCUT2D eigenvalue weighted by atomic mass is 16.5. The molecule has 1 N–H and O–H groups in total. The summed E-state index contributed by atoms with van der Waals surface area (Å²) in [7, 11) is 1.59. The molecule has 2 heterocycles. The van der Waals surface area contributed by atoms with E-state index in [-0.39, 0.29) is 11.4 Å². The van der Waals surface area contributed by atoms with Crippen molar-refractivity contribution < 1.29 is 14.1 Å². The van der Waals surface area contributed by atoms with Crippen LogP contribution in [-0.4, -0.2) is 28.0 Å². The number of carbonyl (C=O) groups is 1. The molecule has 0 saturated heterocycles. The first-order valence-electron chi connectivity index (χ1n) is 10.8. The molecule has 0 aliphatic heterocycles. The molecule has 1 unspecified atom stereocenters. The van der Waals surface area contributed by atoms with Gasteiger partial charge in [0.2, 0.25) is 5.91 Å². The normalized spacial score (nSPS) is 12.0. The number of hydrogen-bond donors (Lipinski definition) is 1. The number of aromatic nitrogens is 3. The Hall–Kier alpha value is -3.94. The molecule has 2 aromatic carbocycles. The summed E-state index contributed by atoms with van der Waals surface area (Å²) in [5.41, 5.74) is 3.58. The van der Waals surface area contributed by atoms with Gasteiger partial charge in [0.15, 0.2) is 5.52 Å². The number of para-hydroxylation sites is 1. The zero-order chi connectivity index (χ0) is 23.7. The summed E-state index contributed by atoms with van der Waals surface area (Å²) < 4.78 is 11.8. The van der Waals surface area contributed by atoms with Gasteiger partial charge in [-0.15, -0.1) is 0 Å². The van der Waals surface area contributed by atoms with Crippen LogP contribution in [0.4, 0.5) is 5.69 Å². The Labute approximate surface area is 191 Å². The molecular weight excluding hydrogens is 420 g/mol. The largest absolute Gasteiger partial charge is 0.497 e. The first kappa shape index (κ1) is 22.3. The molecule has 8 heteroatoms. The lowest BCUT2D eigenvalue weighted by atomic mass is 10.1. The van der Waals surface area contributed by atoms with Crippen LogP contribution in [0.1, 0.15) is 36.3 Å². The molecule has 4 rings (SSSR count). The van der Waals surface area contributed by atoms with Gasteiger partial charge in [-0.05, 0) is 62.6 Å². The van der Waals surface area contributed by atoms with E-state index >= 15 is 0 Å². The zero-order valence-electron chi connectivity index (χ0n) is 19.3. The number of nitrogens with zero attached hydrogens (tertiary/aromatic N) is 3. The Balaban J connectivity index is 1.84. The highest BCUT2D eigenvalue weighted by Gasteiger charge is 2.27. The van der Waals surface area contributed by atoms with Crippen LogP contribution in [0.5, 0.6) is 5.75 Å². The van der Waals surface area contributed by atoms with Gasteiger partial charge in [-0.3, -0.25) is 9.59 Å². The van der Waals surface area contributed by atoms with Crippen molar-refractivity contribution in [3.8, 4) is 17.0 Å². The Morgan fingerprint density at radius 1 is 1.12 bits per heavy atom. The van der Waals surface area contributed by atoms with Crippen LogP contribution >= 0.6 is 0 Å². The molecular formula is C25H26N4O4. The summed E-state index contributed by atoms with van der Waals surface area (Å²) >= 11 is 0. The average Bonchev–Trinajstić information content (AvgIpc) is 3.20. The van der Waals surface area contributed by atoms with E-state index in [1.54, 1.807) is 14.0 Å². The Morgan fingerprint density at radius 3 is 2.39 bits per heavy atom. The number of aryl methyl sites for hydroxylation is 3. The van der Waals surface area contributed by atoms with Gasteiger partial charge in [0, 0.05) is 11.3 Å². The van der Waals surface area contributed by atoms with Gasteiger partial charge < -0.3 is 14.6 Å². The average molecular weight is 447 g/mol. The second-order valence-electron chi connectivity index (χ2n) is 7.97. The number of methoxy groups -OCH3 is 1. The predicted octanol–water partition coefficient (Wildman–Crippen LogP) is 4.58. The smallest absolute Gasteiger partial charge is 0.297 e. The maximum absolute atomic E-state index is 13.3. The van der Waals surface area contributed by atoms with Crippen molar-refractivity contribution in [1.82, 2.24) is 14.9 Å². The molecule has 8 nitrogen and oxygen atoms in total. The van der Waals surface area contributed by atoms with Crippen LogP contribution in [0.2, 0.25) is 0 Å². The molecule has 0 radical (unpaired) electrons. The third kappa shape index (κ3) is 4.00. The lowest BCUT2D eigenvalue weighted by Gasteiger charge is -2.19. The van der Waals surface area contributed by atoms with Crippen LogP contribution in [0.3, 0.4) is 0 Å². The zero-order valence-corrected chi connectivity index (χ0v) is 19.3. The monoisotopic (exact) mass is 446 g/mol. The van der Waals surface area contributed by atoms with Gasteiger partial charge in [-0.25, -0.2) is 4.68 Å². The van der Waals surface area contributed by atoms with E-state index in [0.29, 0.717) is 29.0 Å². The second-order valence-corrected chi connectivity index (χ2v) is 7.97. The van der Waals surface area contributed by atoms with Crippen LogP contribution in [-0.2, 0) is 4.79 Å². The molecule has 1 amide bonds. The lowest BCUT2D eigenvalue weighted by Crippen LogP contribution is -2.35. The molecule has 2 aromatic heterocycles. The number of nitrogens with one attached hydrogen (secondary N) is 1. The minimum Gasteiger partial charge on any atom is -0.497 e.